The van der Waals surface area contributed by atoms with Gasteiger partial charge in [-0.05, 0) is 6.42 Å². The number of likely N-dealkylation sites (tertiary alicyclic amines) is 1. The summed E-state index contributed by atoms with van der Waals surface area (Å²) in [6.07, 6.45) is 5.03. The van der Waals surface area contributed by atoms with Crippen LogP contribution < -0.4 is 0 Å². The highest BCUT2D eigenvalue weighted by molar-refractivity contribution is 5.04. The fraction of sp³-hybridized carbons (Fsp3) is 0.727. The molecule has 5 nitrogen and oxygen atoms in total. The standard InChI is InChI=1S/C11H19N3O2/c1-13-5-9(4-12-13)6-14-7-11(16-2)3-10(14)8-15/h4-5,10-11,15H,3,6-8H2,1-2H3/t10-,11+/m0/s1. The third kappa shape index (κ3) is 2.42. The number of methoxy groups -OCH3 is 1. The number of ether oxygens (including phenoxy) is 1. The predicted octanol–water partition coefficient (Wildman–Crippen LogP) is 0.00170. The molecule has 1 saturated heterocycles. The highest BCUT2D eigenvalue weighted by Gasteiger charge is 2.31. The highest BCUT2D eigenvalue weighted by Crippen LogP contribution is 2.21. The van der Waals surface area contributed by atoms with Crippen LogP contribution in [-0.4, -0.2) is 52.2 Å². The Bertz CT molecular complexity index is 340. The van der Waals surface area contributed by atoms with E-state index in [-0.39, 0.29) is 18.8 Å². The summed E-state index contributed by atoms with van der Waals surface area (Å²) >= 11 is 0. The average molecular weight is 225 g/mol. The van der Waals surface area contributed by atoms with Crippen LogP contribution in [0.25, 0.3) is 0 Å². The Kier molecular flexibility index (Phi) is 3.58. The molecule has 0 unspecified atom stereocenters. The predicted molar refractivity (Wildman–Crippen MR) is 59.9 cm³/mol. The van der Waals surface area contributed by atoms with Crippen molar-refractivity contribution in [2.24, 2.45) is 7.05 Å². The molecule has 90 valence electrons. The first-order valence-corrected chi connectivity index (χ1v) is 5.58. The van der Waals surface area contributed by atoms with Crippen molar-refractivity contribution >= 4 is 0 Å². The molecule has 1 aromatic rings. The molecule has 0 amide bonds. The average Bonchev–Trinajstić information content (AvgIpc) is 2.85. The summed E-state index contributed by atoms with van der Waals surface area (Å²) in [6, 6.07) is 0.213. The van der Waals surface area contributed by atoms with Crippen molar-refractivity contribution in [2.45, 2.75) is 25.1 Å². The van der Waals surface area contributed by atoms with Crippen LogP contribution in [0.15, 0.2) is 12.4 Å². The molecular formula is C11H19N3O2. The van der Waals surface area contributed by atoms with Gasteiger partial charge in [0.15, 0.2) is 0 Å². The lowest BCUT2D eigenvalue weighted by Crippen LogP contribution is -2.31. The third-order valence-electron chi connectivity index (χ3n) is 3.18. The van der Waals surface area contributed by atoms with Crippen molar-refractivity contribution in [3.63, 3.8) is 0 Å². The maximum atomic E-state index is 9.31. The molecule has 0 saturated carbocycles. The van der Waals surface area contributed by atoms with E-state index in [4.69, 9.17) is 4.74 Å². The molecule has 0 bridgehead atoms. The quantitative estimate of drug-likeness (QED) is 0.784. The maximum Gasteiger partial charge on any atom is 0.0714 e. The molecule has 1 aliphatic heterocycles. The van der Waals surface area contributed by atoms with Gasteiger partial charge in [0, 0.05) is 45.0 Å². The molecule has 2 rings (SSSR count). The van der Waals surface area contributed by atoms with Gasteiger partial charge in [0.05, 0.1) is 18.9 Å². The fourth-order valence-corrected chi connectivity index (χ4v) is 2.28. The third-order valence-corrected chi connectivity index (χ3v) is 3.18. The van der Waals surface area contributed by atoms with Crippen molar-refractivity contribution < 1.29 is 9.84 Å². The number of aliphatic hydroxyl groups is 1. The molecule has 2 atom stereocenters. The number of aromatic nitrogens is 2. The second-order valence-electron chi connectivity index (χ2n) is 4.38. The molecule has 1 fully saturated rings. The first kappa shape index (κ1) is 11.6. The van der Waals surface area contributed by atoms with E-state index >= 15 is 0 Å². The lowest BCUT2D eigenvalue weighted by molar-refractivity contribution is 0.107. The van der Waals surface area contributed by atoms with Gasteiger partial charge >= 0.3 is 0 Å². The second kappa shape index (κ2) is 4.95. The van der Waals surface area contributed by atoms with Crippen LogP contribution in [0.4, 0.5) is 0 Å². The summed E-state index contributed by atoms with van der Waals surface area (Å²) in [5.41, 5.74) is 1.18. The molecule has 1 aliphatic rings. The van der Waals surface area contributed by atoms with Crippen molar-refractivity contribution in [3.05, 3.63) is 18.0 Å². The van der Waals surface area contributed by atoms with Crippen LogP contribution >= 0.6 is 0 Å². The van der Waals surface area contributed by atoms with Crippen molar-refractivity contribution in [1.29, 1.82) is 0 Å². The van der Waals surface area contributed by atoms with Gasteiger partial charge in [-0.2, -0.15) is 5.10 Å². The second-order valence-corrected chi connectivity index (χ2v) is 4.38. The number of nitrogens with zero attached hydrogens (tertiary/aromatic N) is 3. The van der Waals surface area contributed by atoms with E-state index in [0.29, 0.717) is 0 Å². The lowest BCUT2D eigenvalue weighted by atomic mass is 10.2. The fourth-order valence-electron chi connectivity index (χ4n) is 2.28. The van der Waals surface area contributed by atoms with Gasteiger partial charge in [0.2, 0.25) is 0 Å². The summed E-state index contributed by atoms with van der Waals surface area (Å²) < 4.78 is 7.14. The minimum Gasteiger partial charge on any atom is -0.395 e. The summed E-state index contributed by atoms with van der Waals surface area (Å²) in [4.78, 5) is 2.26. The number of aryl methyl sites for hydroxylation is 1. The van der Waals surface area contributed by atoms with Gasteiger partial charge in [-0.25, -0.2) is 0 Å². The monoisotopic (exact) mass is 225 g/mol. The molecule has 5 heteroatoms. The molecule has 0 aromatic carbocycles. The Morgan fingerprint density at radius 2 is 2.44 bits per heavy atom. The normalized spacial score (nSPS) is 26.4. The van der Waals surface area contributed by atoms with Crippen LogP contribution in [0.1, 0.15) is 12.0 Å². The van der Waals surface area contributed by atoms with Crippen molar-refractivity contribution in [3.8, 4) is 0 Å². The van der Waals surface area contributed by atoms with Crippen LogP contribution in [0.5, 0.6) is 0 Å². The first-order chi connectivity index (χ1) is 7.72. The topological polar surface area (TPSA) is 50.5 Å². The highest BCUT2D eigenvalue weighted by atomic mass is 16.5. The summed E-state index contributed by atoms with van der Waals surface area (Å²) in [5.74, 6) is 0. The minimum absolute atomic E-state index is 0.195. The number of rotatable bonds is 4. The van der Waals surface area contributed by atoms with Gasteiger partial charge in [-0.1, -0.05) is 0 Å². The van der Waals surface area contributed by atoms with E-state index in [0.717, 1.165) is 19.5 Å². The Morgan fingerprint density at radius 1 is 1.62 bits per heavy atom. The summed E-state index contributed by atoms with van der Waals surface area (Å²) in [6.45, 7) is 1.91. The van der Waals surface area contributed by atoms with E-state index < -0.39 is 0 Å². The Labute approximate surface area is 95.6 Å². The van der Waals surface area contributed by atoms with Crippen LogP contribution in [0.3, 0.4) is 0 Å². The Morgan fingerprint density at radius 3 is 3.00 bits per heavy atom. The zero-order valence-corrected chi connectivity index (χ0v) is 9.83. The maximum absolute atomic E-state index is 9.31. The van der Waals surface area contributed by atoms with Crippen molar-refractivity contribution in [2.75, 3.05) is 20.3 Å². The molecule has 0 radical (unpaired) electrons. The largest absolute Gasteiger partial charge is 0.395 e. The molecule has 1 aromatic heterocycles. The van der Waals surface area contributed by atoms with Crippen LogP contribution in [-0.2, 0) is 18.3 Å². The zero-order valence-electron chi connectivity index (χ0n) is 9.83. The molecule has 1 N–H and O–H groups in total. The Balaban J connectivity index is 1.98. The zero-order chi connectivity index (χ0) is 11.5. The first-order valence-electron chi connectivity index (χ1n) is 5.58. The molecule has 16 heavy (non-hydrogen) atoms. The smallest absolute Gasteiger partial charge is 0.0714 e. The molecule has 0 spiro atoms. The van der Waals surface area contributed by atoms with Crippen LogP contribution in [0, 0.1) is 0 Å². The number of hydrogen-bond donors (Lipinski definition) is 1. The van der Waals surface area contributed by atoms with Gasteiger partial charge in [0.25, 0.3) is 0 Å². The van der Waals surface area contributed by atoms with E-state index in [9.17, 15) is 5.11 Å². The van der Waals surface area contributed by atoms with E-state index in [1.807, 2.05) is 19.4 Å². The van der Waals surface area contributed by atoms with Gasteiger partial charge in [-0.3, -0.25) is 9.58 Å². The molecule has 2 heterocycles. The van der Waals surface area contributed by atoms with E-state index in [2.05, 4.69) is 10.00 Å². The SMILES string of the molecule is CO[C@@H]1C[C@@H](CO)N(Cc2cnn(C)c2)C1. The van der Waals surface area contributed by atoms with Crippen LogP contribution in [0.2, 0.25) is 0 Å². The summed E-state index contributed by atoms with van der Waals surface area (Å²) in [7, 11) is 3.64. The molecular weight excluding hydrogens is 206 g/mol. The number of aliphatic hydroxyl groups excluding tert-OH is 1. The van der Waals surface area contributed by atoms with E-state index in [1.165, 1.54) is 5.56 Å². The van der Waals surface area contributed by atoms with Crippen molar-refractivity contribution in [1.82, 2.24) is 14.7 Å². The van der Waals surface area contributed by atoms with E-state index in [1.54, 1.807) is 11.8 Å². The lowest BCUT2D eigenvalue weighted by Gasteiger charge is -2.21. The van der Waals surface area contributed by atoms with Gasteiger partial charge in [0.1, 0.15) is 0 Å². The summed E-state index contributed by atoms with van der Waals surface area (Å²) in [5, 5.41) is 13.5. The van der Waals surface area contributed by atoms with Gasteiger partial charge in [-0.15, -0.1) is 0 Å². The molecule has 0 aliphatic carbocycles. The Hall–Kier alpha value is -0.910. The number of hydrogen-bond acceptors (Lipinski definition) is 4. The minimum atomic E-state index is 0.195. The van der Waals surface area contributed by atoms with Gasteiger partial charge < -0.3 is 9.84 Å².